The molecule has 3 atom stereocenters. The van der Waals surface area contributed by atoms with Gasteiger partial charge in [-0.15, -0.1) is 0 Å². The summed E-state index contributed by atoms with van der Waals surface area (Å²) in [5.41, 5.74) is 3.87. The number of ether oxygens (including phenoxy) is 2. The molecule has 1 saturated heterocycles. The van der Waals surface area contributed by atoms with Crippen molar-refractivity contribution in [1.29, 1.82) is 0 Å². The van der Waals surface area contributed by atoms with Gasteiger partial charge in [-0.05, 0) is 34.6 Å². The third-order valence-corrected chi connectivity index (χ3v) is 7.28. The average molecular weight is 481 g/mol. The molecule has 1 aliphatic carbocycles. The quantitative estimate of drug-likeness (QED) is 0.629. The number of likely N-dealkylation sites (tertiary alicyclic amines) is 1. The number of carbonyl (C=O) groups is 3. The maximum atomic E-state index is 13.3. The number of nitrogens with zero attached hydrogens (tertiary/aromatic N) is 1. The van der Waals surface area contributed by atoms with Crippen LogP contribution in [-0.2, 0) is 19.1 Å². The normalized spacial score (nSPS) is 20.0. The minimum absolute atomic E-state index is 0.0838. The van der Waals surface area contributed by atoms with E-state index in [1.54, 1.807) is 6.92 Å². The van der Waals surface area contributed by atoms with Crippen LogP contribution in [0.25, 0.3) is 11.1 Å². The fourth-order valence-corrected chi connectivity index (χ4v) is 5.19. The highest BCUT2D eigenvalue weighted by Gasteiger charge is 2.47. The maximum absolute atomic E-state index is 13.3. The van der Waals surface area contributed by atoms with E-state index in [4.69, 9.17) is 9.47 Å². The molecule has 1 aliphatic heterocycles. The predicted octanol–water partition coefficient (Wildman–Crippen LogP) is 3.50. The first-order valence-electron chi connectivity index (χ1n) is 11.8. The van der Waals surface area contributed by atoms with Gasteiger partial charge in [0.2, 0.25) is 5.91 Å². The van der Waals surface area contributed by atoms with E-state index in [0.29, 0.717) is 0 Å². The van der Waals surface area contributed by atoms with Crippen LogP contribution in [0.4, 0.5) is 4.79 Å². The second-order valence-electron chi connectivity index (χ2n) is 9.99. The zero-order valence-corrected chi connectivity index (χ0v) is 20.5. The van der Waals surface area contributed by atoms with Crippen molar-refractivity contribution in [2.45, 2.75) is 38.8 Å². The summed E-state index contributed by atoms with van der Waals surface area (Å²) < 4.78 is 11.0. The third-order valence-electron chi connectivity index (χ3n) is 7.28. The molecule has 35 heavy (non-hydrogen) atoms. The predicted molar refractivity (Wildman–Crippen MR) is 130 cm³/mol. The maximum Gasteiger partial charge on any atom is 0.407 e. The summed E-state index contributed by atoms with van der Waals surface area (Å²) in [5.74, 6) is -2.10. The molecule has 8 nitrogen and oxygen atoms in total. The fourth-order valence-electron chi connectivity index (χ4n) is 5.19. The van der Waals surface area contributed by atoms with E-state index < -0.39 is 35.5 Å². The number of aliphatic carboxylic acids is 1. The Hall–Kier alpha value is -3.39. The molecule has 0 aromatic heterocycles. The molecular weight excluding hydrogens is 448 g/mol. The molecule has 2 aromatic carbocycles. The lowest BCUT2D eigenvalue weighted by Gasteiger charge is -2.28. The Morgan fingerprint density at radius 3 is 2.17 bits per heavy atom. The lowest BCUT2D eigenvalue weighted by atomic mass is 9.82. The molecule has 0 spiro atoms. The van der Waals surface area contributed by atoms with E-state index in [1.165, 1.54) is 12.0 Å². The van der Waals surface area contributed by atoms with E-state index >= 15 is 0 Å². The summed E-state index contributed by atoms with van der Waals surface area (Å²) in [7, 11) is 1.46. The standard InChI is InChI=1S/C27H32N2O6/c1-16(34-4)23(24(30)29-13-22(25(31)32)27(2,3)15-29)28-26(33)35-14-21-19-11-7-5-9-17(19)18-10-6-8-12-20(18)21/h5-12,16,21-23H,13-15H2,1-4H3,(H,28,33)(H,31,32)/t16-,22?,23+/m1/s1. The molecule has 1 heterocycles. The van der Waals surface area contributed by atoms with Crippen LogP contribution in [0.3, 0.4) is 0 Å². The fraction of sp³-hybridized carbons (Fsp3) is 0.444. The lowest BCUT2D eigenvalue weighted by molar-refractivity contribution is -0.144. The Kier molecular flexibility index (Phi) is 6.85. The van der Waals surface area contributed by atoms with Gasteiger partial charge in [-0.25, -0.2) is 4.79 Å². The molecule has 2 aliphatic rings. The Balaban J connectivity index is 1.45. The summed E-state index contributed by atoms with van der Waals surface area (Å²) in [6.45, 7) is 5.82. The van der Waals surface area contributed by atoms with Crippen LogP contribution < -0.4 is 5.32 Å². The van der Waals surface area contributed by atoms with Gasteiger partial charge in [-0.3, -0.25) is 9.59 Å². The van der Waals surface area contributed by atoms with Gasteiger partial charge in [0.1, 0.15) is 12.6 Å². The Labute approximate surface area is 205 Å². The molecule has 0 bridgehead atoms. The minimum Gasteiger partial charge on any atom is -0.481 e. The van der Waals surface area contributed by atoms with Gasteiger partial charge in [-0.1, -0.05) is 62.4 Å². The van der Waals surface area contributed by atoms with E-state index in [0.717, 1.165) is 22.3 Å². The average Bonchev–Trinajstić information content (AvgIpc) is 3.34. The number of methoxy groups -OCH3 is 1. The molecule has 2 aromatic rings. The smallest absolute Gasteiger partial charge is 0.407 e. The second kappa shape index (κ2) is 9.70. The molecular formula is C27H32N2O6. The van der Waals surface area contributed by atoms with Gasteiger partial charge in [0.15, 0.2) is 0 Å². The summed E-state index contributed by atoms with van der Waals surface area (Å²) >= 11 is 0. The first kappa shape index (κ1) is 24.7. The van der Waals surface area contributed by atoms with Crippen molar-refractivity contribution < 1.29 is 29.0 Å². The van der Waals surface area contributed by atoms with Crippen LogP contribution in [0, 0.1) is 11.3 Å². The SMILES string of the molecule is CO[C@H](C)[C@H](NC(=O)OCC1c2ccccc2-c2ccccc21)C(=O)N1CC(C(=O)O)C(C)(C)C1. The first-order valence-corrected chi connectivity index (χ1v) is 11.8. The Bertz CT molecular complexity index is 1080. The highest BCUT2D eigenvalue weighted by Crippen LogP contribution is 2.44. The molecule has 1 unspecified atom stereocenters. The number of amides is 2. The number of hydrogen-bond acceptors (Lipinski definition) is 5. The highest BCUT2D eigenvalue weighted by molar-refractivity contribution is 5.87. The number of benzene rings is 2. The Morgan fingerprint density at radius 1 is 1.09 bits per heavy atom. The van der Waals surface area contributed by atoms with Crippen LogP contribution in [0.2, 0.25) is 0 Å². The highest BCUT2D eigenvalue weighted by atomic mass is 16.5. The van der Waals surface area contributed by atoms with Gasteiger partial charge < -0.3 is 24.8 Å². The van der Waals surface area contributed by atoms with Crippen LogP contribution >= 0.6 is 0 Å². The van der Waals surface area contributed by atoms with Gasteiger partial charge in [0, 0.05) is 26.1 Å². The van der Waals surface area contributed by atoms with Crippen molar-refractivity contribution in [3.63, 3.8) is 0 Å². The molecule has 2 amide bonds. The van der Waals surface area contributed by atoms with E-state index in [9.17, 15) is 19.5 Å². The van der Waals surface area contributed by atoms with E-state index in [1.807, 2.05) is 50.2 Å². The van der Waals surface area contributed by atoms with Gasteiger partial charge >= 0.3 is 12.1 Å². The summed E-state index contributed by atoms with van der Waals surface area (Å²) in [5, 5.41) is 12.2. The number of carboxylic acids is 1. The topological polar surface area (TPSA) is 105 Å². The number of rotatable bonds is 7. The van der Waals surface area contributed by atoms with Crippen LogP contribution in [0.5, 0.6) is 0 Å². The number of nitrogens with one attached hydrogen (secondary N) is 1. The molecule has 0 radical (unpaired) electrons. The van der Waals surface area contributed by atoms with Crippen LogP contribution in [0.1, 0.15) is 37.8 Å². The third kappa shape index (κ3) is 4.75. The molecule has 0 saturated carbocycles. The summed E-state index contributed by atoms with van der Waals surface area (Å²) in [6, 6.07) is 15.1. The number of fused-ring (bicyclic) bond motifs is 3. The monoisotopic (exact) mass is 480 g/mol. The van der Waals surface area contributed by atoms with Gasteiger partial charge in [0.25, 0.3) is 0 Å². The second-order valence-corrected chi connectivity index (χ2v) is 9.99. The van der Waals surface area contributed by atoms with Crippen molar-refractivity contribution >= 4 is 18.0 Å². The number of carbonyl (C=O) groups excluding carboxylic acids is 2. The molecule has 1 fully saturated rings. The molecule has 2 N–H and O–H groups in total. The van der Waals surface area contributed by atoms with Gasteiger partial charge in [-0.2, -0.15) is 0 Å². The molecule has 8 heteroatoms. The number of hydrogen-bond donors (Lipinski definition) is 2. The minimum atomic E-state index is -1.00. The molecule has 4 rings (SSSR count). The van der Waals surface area contributed by atoms with Crippen molar-refractivity contribution in [3.05, 3.63) is 59.7 Å². The number of alkyl carbamates (subject to hydrolysis) is 1. The zero-order valence-electron chi connectivity index (χ0n) is 20.5. The van der Waals surface area contributed by atoms with Crippen molar-refractivity contribution in [2.75, 3.05) is 26.8 Å². The first-order chi connectivity index (χ1) is 16.6. The zero-order chi connectivity index (χ0) is 25.3. The van der Waals surface area contributed by atoms with Crippen LogP contribution in [-0.4, -0.2) is 66.9 Å². The summed E-state index contributed by atoms with van der Waals surface area (Å²) in [4.78, 5) is 39.3. The largest absolute Gasteiger partial charge is 0.481 e. The van der Waals surface area contributed by atoms with Crippen molar-refractivity contribution in [1.82, 2.24) is 10.2 Å². The van der Waals surface area contributed by atoms with E-state index in [2.05, 4.69) is 17.4 Å². The van der Waals surface area contributed by atoms with Crippen LogP contribution in [0.15, 0.2) is 48.5 Å². The number of carboxylic acid groups (broad SMARTS) is 1. The molecule has 186 valence electrons. The Morgan fingerprint density at radius 2 is 1.66 bits per heavy atom. The summed E-state index contributed by atoms with van der Waals surface area (Å²) in [6.07, 6.45) is -1.35. The van der Waals surface area contributed by atoms with Gasteiger partial charge in [0.05, 0.1) is 12.0 Å². The van der Waals surface area contributed by atoms with Crippen molar-refractivity contribution in [2.24, 2.45) is 11.3 Å². The van der Waals surface area contributed by atoms with E-state index in [-0.39, 0.29) is 31.5 Å². The lowest BCUT2D eigenvalue weighted by Crippen LogP contribution is -2.54. The van der Waals surface area contributed by atoms with Crippen molar-refractivity contribution in [3.8, 4) is 11.1 Å².